The van der Waals surface area contributed by atoms with Crippen LogP contribution in [0, 0.1) is 0 Å². The van der Waals surface area contributed by atoms with E-state index in [2.05, 4.69) is 15.0 Å². The molecule has 3 heterocycles. The predicted molar refractivity (Wildman–Crippen MR) is 76.2 cm³/mol. The molecule has 0 radical (unpaired) electrons. The average Bonchev–Trinajstić information content (AvgIpc) is 3.11. The molecule has 0 atom stereocenters. The van der Waals surface area contributed by atoms with Crippen LogP contribution in [0.5, 0.6) is 0 Å². The number of carbonyl (C=O) groups is 3. The summed E-state index contributed by atoms with van der Waals surface area (Å²) in [6.45, 7) is 0. The Kier molecular flexibility index (Phi) is 2.70. The van der Waals surface area contributed by atoms with Gasteiger partial charge >= 0.3 is 5.97 Å². The normalized spacial score (nSPS) is 13.5. The summed E-state index contributed by atoms with van der Waals surface area (Å²) in [5.74, 6) is -2.19. The molecule has 23 heavy (non-hydrogen) atoms. The van der Waals surface area contributed by atoms with E-state index in [-0.39, 0.29) is 16.7 Å². The highest BCUT2D eigenvalue weighted by atomic mass is 16.7. The molecule has 0 saturated heterocycles. The number of nitrogens with zero attached hydrogens (tertiary/aromatic N) is 3. The van der Waals surface area contributed by atoms with Crippen LogP contribution in [0.1, 0.15) is 31.1 Å². The van der Waals surface area contributed by atoms with Gasteiger partial charge in [0.1, 0.15) is 12.0 Å². The number of nitrogens with one attached hydrogen (secondary N) is 1. The van der Waals surface area contributed by atoms with Gasteiger partial charge < -0.3 is 9.82 Å². The van der Waals surface area contributed by atoms with E-state index in [9.17, 15) is 14.4 Å². The van der Waals surface area contributed by atoms with Crippen molar-refractivity contribution in [3.05, 3.63) is 59.7 Å². The quantitative estimate of drug-likeness (QED) is 0.716. The van der Waals surface area contributed by atoms with Gasteiger partial charge in [-0.15, -0.1) is 0 Å². The highest BCUT2D eigenvalue weighted by Crippen LogP contribution is 2.24. The first kappa shape index (κ1) is 13.1. The summed E-state index contributed by atoms with van der Waals surface area (Å²) in [5.41, 5.74) is 0.992. The van der Waals surface area contributed by atoms with Crippen LogP contribution in [-0.4, -0.2) is 37.8 Å². The highest BCUT2D eigenvalue weighted by molar-refractivity contribution is 6.21. The predicted octanol–water partition coefficient (Wildman–Crippen LogP) is 1.33. The van der Waals surface area contributed by atoms with Gasteiger partial charge in [0.05, 0.1) is 22.1 Å². The molecule has 1 aromatic carbocycles. The fraction of sp³-hybridized carbons (Fsp3) is 0. The lowest BCUT2D eigenvalue weighted by molar-refractivity contribution is -0.0583. The molecule has 3 aromatic rings. The molecule has 1 N–H and O–H groups in total. The van der Waals surface area contributed by atoms with E-state index < -0.39 is 17.8 Å². The van der Waals surface area contributed by atoms with Crippen molar-refractivity contribution in [2.75, 3.05) is 0 Å². The van der Waals surface area contributed by atoms with Crippen molar-refractivity contribution in [1.82, 2.24) is 20.0 Å². The van der Waals surface area contributed by atoms with Crippen LogP contribution in [0.25, 0.3) is 11.0 Å². The zero-order valence-electron chi connectivity index (χ0n) is 11.5. The number of hydroxylamine groups is 2. The molecule has 0 saturated carbocycles. The first-order valence-corrected chi connectivity index (χ1v) is 6.64. The van der Waals surface area contributed by atoms with E-state index >= 15 is 0 Å². The number of aromatic amines is 1. The fourth-order valence-corrected chi connectivity index (χ4v) is 2.41. The molecule has 0 unspecified atom stereocenters. The van der Waals surface area contributed by atoms with Gasteiger partial charge in [0.15, 0.2) is 0 Å². The van der Waals surface area contributed by atoms with Crippen molar-refractivity contribution in [2.24, 2.45) is 0 Å². The second-order valence-electron chi connectivity index (χ2n) is 4.82. The van der Waals surface area contributed by atoms with Crippen molar-refractivity contribution in [3.63, 3.8) is 0 Å². The Morgan fingerprint density at radius 1 is 1.13 bits per heavy atom. The molecular weight excluding hydrogens is 300 g/mol. The Bertz CT molecular complexity index is 943. The van der Waals surface area contributed by atoms with Gasteiger partial charge in [-0.2, -0.15) is 0 Å². The van der Waals surface area contributed by atoms with Gasteiger partial charge in [0, 0.05) is 12.4 Å². The van der Waals surface area contributed by atoms with E-state index in [4.69, 9.17) is 4.84 Å². The molecule has 8 heteroatoms. The number of hydrogen-bond donors (Lipinski definition) is 1. The van der Waals surface area contributed by atoms with E-state index in [1.165, 1.54) is 30.9 Å². The van der Waals surface area contributed by atoms with Crippen molar-refractivity contribution < 1.29 is 19.2 Å². The Labute approximate surface area is 128 Å². The molecule has 0 bridgehead atoms. The highest BCUT2D eigenvalue weighted by Gasteiger charge is 2.39. The number of fused-ring (bicyclic) bond motifs is 2. The first-order valence-electron chi connectivity index (χ1n) is 6.64. The maximum atomic E-state index is 12.3. The lowest BCUT2D eigenvalue weighted by atomic mass is 10.1. The number of amides is 2. The smallest absolute Gasteiger partial charge is 0.345 e. The lowest BCUT2D eigenvalue weighted by Crippen LogP contribution is -2.32. The van der Waals surface area contributed by atoms with E-state index in [0.717, 1.165) is 0 Å². The van der Waals surface area contributed by atoms with Crippen molar-refractivity contribution in [3.8, 4) is 0 Å². The summed E-state index contributed by atoms with van der Waals surface area (Å²) >= 11 is 0. The van der Waals surface area contributed by atoms with Gasteiger partial charge in [0.25, 0.3) is 11.8 Å². The van der Waals surface area contributed by atoms with Crippen LogP contribution in [0.4, 0.5) is 0 Å². The Morgan fingerprint density at radius 2 is 1.83 bits per heavy atom. The molecule has 112 valence electrons. The third-order valence-corrected chi connectivity index (χ3v) is 3.51. The Balaban J connectivity index is 1.65. The summed E-state index contributed by atoms with van der Waals surface area (Å²) in [4.78, 5) is 52.2. The first-order chi connectivity index (χ1) is 11.2. The summed E-state index contributed by atoms with van der Waals surface area (Å²) in [5, 5.41) is 0.907. The molecular formula is C15H8N4O4. The number of aromatic nitrogens is 3. The van der Waals surface area contributed by atoms with Crippen LogP contribution in [0.3, 0.4) is 0 Å². The largest absolute Gasteiger partial charge is 0.366 e. The zero-order chi connectivity index (χ0) is 16.0. The number of hydrogen-bond acceptors (Lipinski definition) is 6. The monoisotopic (exact) mass is 308 g/mol. The number of imide groups is 1. The second kappa shape index (κ2) is 4.73. The zero-order valence-corrected chi connectivity index (χ0v) is 11.5. The molecule has 0 spiro atoms. The third kappa shape index (κ3) is 1.89. The summed E-state index contributed by atoms with van der Waals surface area (Å²) in [6.07, 6.45) is 4.16. The molecule has 8 nitrogen and oxygen atoms in total. The average molecular weight is 308 g/mol. The van der Waals surface area contributed by atoms with Crippen molar-refractivity contribution in [1.29, 1.82) is 0 Å². The number of rotatable bonds is 2. The van der Waals surface area contributed by atoms with Gasteiger partial charge in [-0.25, -0.2) is 14.8 Å². The topological polar surface area (TPSA) is 105 Å². The molecule has 1 aliphatic heterocycles. The standard InChI is InChI=1S/C15H8N4O4/c20-13-8-3-1-2-4-9(8)14(21)19(13)23-15(22)11-6-17-12-10(11)5-16-7-18-12/h1-7H,(H,16,17,18). The van der Waals surface area contributed by atoms with Gasteiger partial charge in [-0.1, -0.05) is 17.2 Å². The molecule has 1 aliphatic rings. The van der Waals surface area contributed by atoms with Crippen molar-refractivity contribution in [2.45, 2.75) is 0 Å². The third-order valence-electron chi connectivity index (χ3n) is 3.51. The fourth-order valence-electron chi connectivity index (χ4n) is 2.41. The molecule has 2 aromatic heterocycles. The van der Waals surface area contributed by atoms with E-state index in [0.29, 0.717) is 16.1 Å². The second-order valence-corrected chi connectivity index (χ2v) is 4.82. The summed E-state index contributed by atoms with van der Waals surface area (Å²) in [7, 11) is 0. The molecule has 0 aliphatic carbocycles. The molecule has 0 fully saturated rings. The van der Waals surface area contributed by atoms with Gasteiger partial charge in [0.2, 0.25) is 0 Å². The number of benzene rings is 1. The maximum absolute atomic E-state index is 12.3. The molecule has 4 rings (SSSR count). The SMILES string of the molecule is O=C(ON1C(=O)c2ccccc2C1=O)c1c[nH]c2ncncc12. The van der Waals surface area contributed by atoms with Crippen LogP contribution >= 0.6 is 0 Å². The van der Waals surface area contributed by atoms with Crippen LogP contribution < -0.4 is 0 Å². The Morgan fingerprint density at radius 3 is 2.52 bits per heavy atom. The van der Waals surface area contributed by atoms with Crippen LogP contribution in [0.15, 0.2) is 43.0 Å². The van der Waals surface area contributed by atoms with Gasteiger partial charge in [-0.3, -0.25) is 9.59 Å². The van der Waals surface area contributed by atoms with E-state index in [1.54, 1.807) is 12.1 Å². The minimum Gasteiger partial charge on any atom is -0.345 e. The van der Waals surface area contributed by atoms with Crippen molar-refractivity contribution >= 4 is 28.8 Å². The summed E-state index contributed by atoms with van der Waals surface area (Å²) < 4.78 is 0. The minimum atomic E-state index is -0.847. The maximum Gasteiger partial charge on any atom is 0.366 e. The summed E-state index contributed by atoms with van der Waals surface area (Å²) in [6, 6.07) is 6.27. The Hall–Kier alpha value is -3.55. The van der Waals surface area contributed by atoms with Crippen LogP contribution in [0.2, 0.25) is 0 Å². The van der Waals surface area contributed by atoms with E-state index in [1.807, 2.05) is 0 Å². The van der Waals surface area contributed by atoms with Gasteiger partial charge in [-0.05, 0) is 12.1 Å². The van der Waals surface area contributed by atoms with Crippen LogP contribution in [-0.2, 0) is 4.84 Å². The lowest BCUT2D eigenvalue weighted by Gasteiger charge is -2.12. The number of H-pyrrole nitrogens is 1. The minimum absolute atomic E-state index is 0.136. The number of carbonyl (C=O) groups excluding carboxylic acids is 3. The molecule has 2 amide bonds.